The van der Waals surface area contributed by atoms with Gasteiger partial charge in [0.25, 0.3) is 5.91 Å². The van der Waals surface area contributed by atoms with E-state index in [1.807, 2.05) is 12.1 Å². The van der Waals surface area contributed by atoms with Crippen LogP contribution in [0.3, 0.4) is 0 Å². The van der Waals surface area contributed by atoms with Gasteiger partial charge in [-0.1, -0.05) is 18.2 Å². The third kappa shape index (κ3) is 5.38. The molecule has 0 unspecified atom stereocenters. The molecule has 0 saturated carbocycles. The van der Waals surface area contributed by atoms with Crippen molar-refractivity contribution in [3.05, 3.63) is 95.6 Å². The molecule has 0 spiro atoms. The number of urea groups is 1. The van der Waals surface area contributed by atoms with Gasteiger partial charge in [0.05, 0.1) is 0 Å². The van der Waals surface area contributed by atoms with Crippen molar-refractivity contribution in [3.8, 4) is 0 Å². The lowest BCUT2D eigenvalue weighted by atomic mass is 10.1. The van der Waals surface area contributed by atoms with Crippen LogP contribution < -0.4 is 16.0 Å². The number of aromatic nitrogens is 1. The molecule has 0 radical (unpaired) electrons. The molecule has 6 nitrogen and oxygen atoms in total. The van der Waals surface area contributed by atoms with Gasteiger partial charge in [-0.25, -0.2) is 9.18 Å². The lowest BCUT2D eigenvalue weighted by Gasteiger charge is -2.09. The molecule has 0 atom stereocenters. The maximum absolute atomic E-state index is 13.6. The van der Waals surface area contributed by atoms with Crippen molar-refractivity contribution >= 4 is 17.6 Å². The number of nitrogens with one attached hydrogen (secondary N) is 3. The zero-order chi connectivity index (χ0) is 19.8. The molecule has 0 bridgehead atoms. The normalized spacial score (nSPS) is 10.2. The van der Waals surface area contributed by atoms with Crippen LogP contribution in [0.25, 0.3) is 0 Å². The first-order valence-corrected chi connectivity index (χ1v) is 8.67. The second kappa shape index (κ2) is 9.27. The van der Waals surface area contributed by atoms with Crippen LogP contribution in [0.2, 0.25) is 0 Å². The molecule has 0 fully saturated rings. The van der Waals surface area contributed by atoms with Crippen molar-refractivity contribution in [2.45, 2.75) is 13.1 Å². The van der Waals surface area contributed by atoms with Gasteiger partial charge in [0.2, 0.25) is 0 Å². The zero-order valence-electron chi connectivity index (χ0n) is 15.0. The fraction of sp³-hybridized carbons (Fsp3) is 0.0952. The highest BCUT2D eigenvalue weighted by Crippen LogP contribution is 2.11. The van der Waals surface area contributed by atoms with Gasteiger partial charge in [-0.05, 0) is 48.0 Å². The van der Waals surface area contributed by atoms with Crippen LogP contribution in [-0.4, -0.2) is 16.9 Å². The van der Waals surface area contributed by atoms with E-state index in [4.69, 9.17) is 0 Å². The highest BCUT2D eigenvalue weighted by atomic mass is 19.1. The Bertz CT molecular complexity index is 946. The summed E-state index contributed by atoms with van der Waals surface area (Å²) in [5.41, 5.74) is 2.32. The summed E-state index contributed by atoms with van der Waals surface area (Å²) in [6.45, 7) is 0.480. The topological polar surface area (TPSA) is 83.1 Å². The number of hydrogen-bond acceptors (Lipinski definition) is 3. The van der Waals surface area contributed by atoms with Crippen molar-refractivity contribution in [2.75, 3.05) is 5.32 Å². The van der Waals surface area contributed by atoms with Crippen LogP contribution in [0, 0.1) is 5.82 Å². The fourth-order valence-corrected chi connectivity index (χ4v) is 2.48. The van der Waals surface area contributed by atoms with Crippen molar-refractivity contribution in [3.63, 3.8) is 0 Å². The van der Waals surface area contributed by atoms with E-state index in [9.17, 15) is 14.0 Å². The van der Waals surface area contributed by atoms with Gasteiger partial charge < -0.3 is 16.0 Å². The SMILES string of the molecule is O=C(NCc1ccncc1)Nc1ccc(C(=O)NCc2ccccc2F)cc1. The number of carbonyl (C=O) groups is 2. The summed E-state index contributed by atoms with van der Waals surface area (Å²) in [7, 11) is 0. The molecule has 0 saturated heterocycles. The van der Waals surface area contributed by atoms with Gasteiger partial charge in [-0.2, -0.15) is 0 Å². The average Bonchev–Trinajstić information content (AvgIpc) is 2.73. The van der Waals surface area contributed by atoms with Gasteiger partial charge in [0, 0.05) is 42.3 Å². The summed E-state index contributed by atoms with van der Waals surface area (Å²) in [6, 6.07) is 16.0. The Morgan fingerprint density at radius 1 is 0.857 bits per heavy atom. The summed E-state index contributed by atoms with van der Waals surface area (Å²) >= 11 is 0. The second-order valence-electron chi connectivity index (χ2n) is 6.01. The first kappa shape index (κ1) is 19.0. The highest BCUT2D eigenvalue weighted by Gasteiger charge is 2.08. The van der Waals surface area contributed by atoms with Crippen molar-refractivity contribution < 1.29 is 14.0 Å². The molecule has 1 aromatic heterocycles. The van der Waals surface area contributed by atoms with Crippen molar-refractivity contribution in [2.24, 2.45) is 0 Å². The number of benzene rings is 2. The van der Waals surface area contributed by atoms with Gasteiger partial charge in [-0.15, -0.1) is 0 Å². The predicted octanol–water partition coefficient (Wildman–Crippen LogP) is 3.47. The maximum Gasteiger partial charge on any atom is 0.319 e. The minimum absolute atomic E-state index is 0.100. The monoisotopic (exact) mass is 378 g/mol. The predicted molar refractivity (Wildman–Crippen MR) is 104 cm³/mol. The molecule has 1 heterocycles. The first-order valence-electron chi connectivity index (χ1n) is 8.67. The average molecular weight is 378 g/mol. The Kier molecular flexibility index (Phi) is 6.30. The van der Waals surface area contributed by atoms with E-state index < -0.39 is 0 Å². The molecular formula is C21H19FN4O2. The number of rotatable bonds is 6. The summed E-state index contributed by atoms with van der Waals surface area (Å²) in [5, 5.41) is 8.10. The molecule has 0 aliphatic heterocycles. The maximum atomic E-state index is 13.6. The standard InChI is InChI=1S/C21H19FN4O2/c22-19-4-2-1-3-17(19)14-24-20(27)16-5-7-18(8-6-16)26-21(28)25-13-15-9-11-23-12-10-15/h1-12H,13-14H2,(H,24,27)(H2,25,26,28). The second-order valence-corrected chi connectivity index (χ2v) is 6.01. The van der Waals surface area contributed by atoms with Crippen molar-refractivity contribution in [1.82, 2.24) is 15.6 Å². The van der Waals surface area contributed by atoms with Crippen LogP contribution >= 0.6 is 0 Å². The summed E-state index contributed by atoms with van der Waals surface area (Å²) in [6.07, 6.45) is 3.32. The molecule has 142 valence electrons. The molecule has 2 aromatic carbocycles. The number of carbonyl (C=O) groups excluding carboxylic acids is 2. The van der Waals surface area contributed by atoms with Crippen LogP contribution in [0.4, 0.5) is 14.9 Å². The third-order valence-corrected chi connectivity index (χ3v) is 4.00. The Hall–Kier alpha value is -3.74. The van der Waals surface area contributed by atoms with Crippen LogP contribution in [0.1, 0.15) is 21.5 Å². The van der Waals surface area contributed by atoms with E-state index >= 15 is 0 Å². The minimum Gasteiger partial charge on any atom is -0.348 e. The largest absolute Gasteiger partial charge is 0.348 e. The van der Waals surface area contributed by atoms with Gasteiger partial charge in [-0.3, -0.25) is 9.78 Å². The molecule has 3 aromatic rings. The van der Waals surface area contributed by atoms with E-state index in [1.165, 1.54) is 6.07 Å². The van der Waals surface area contributed by atoms with E-state index in [0.29, 0.717) is 23.4 Å². The lowest BCUT2D eigenvalue weighted by molar-refractivity contribution is 0.0950. The quantitative estimate of drug-likeness (QED) is 0.614. The number of anilines is 1. The Morgan fingerprint density at radius 3 is 2.29 bits per heavy atom. The molecule has 3 amide bonds. The Balaban J connectivity index is 1.49. The van der Waals surface area contributed by atoms with Crippen LogP contribution in [0.15, 0.2) is 73.1 Å². The summed E-state index contributed by atoms with van der Waals surface area (Å²) < 4.78 is 13.6. The molecule has 3 rings (SSSR count). The summed E-state index contributed by atoms with van der Waals surface area (Å²) in [4.78, 5) is 28.0. The zero-order valence-corrected chi connectivity index (χ0v) is 15.0. The van der Waals surface area contributed by atoms with Gasteiger partial charge >= 0.3 is 6.03 Å². The highest BCUT2D eigenvalue weighted by molar-refractivity contribution is 5.95. The molecule has 28 heavy (non-hydrogen) atoms. The number of halogens is 1. The van der Waals surface area contributed by atoms with Gasteiger partial charge in [0.15, 0.2) is 0 Å². The van der Waals surface area contributed by atoms with Crippen LogP contribution in [-0.2, 0) is 13.1 Å². The van der Waals surface area contributed by atoms with Crippen LogP contribution in [0.5, 0.6) is 0 Å². The van der Waals surface area contributed by atoms with E-state index in [-0.39, 0.29) is 24.3 Å². The molecule has 3 N–H and O–H groups in total. The van der Waals surface area contributed by atoms with Crippen molar-refractivity contribution in [1.29, 1.82) is 0 Å². The minimum atomic E-state index is -0.361. The summed E-state index contributed by atoms with van der Waals surface area (Å²) in [5.74, 6) is -0.683. The number of amides is 3. The van der Waals surface area contributed by atoms with E-state index in [2.05, 4.69) is 20.9 Å². The number of nitrogens with zero attached hydrogens (tertiary/aromatic N) is 1. The molecule has 0 aliphatic carbocycles. The molecular weight excluding hydrogens is 359 g/mol. The fourth-order valence-electron chi connectivity index (χ4n) is 2.48. The Morgan fingerprint density at radius 2 is 1.57 bits per heavy atom. The third-order valence-electron chi connectivity index (χ3n) is 4.00. The van der Waals surface area contributed by atoms with E-state index in [0.717, 1.165) is 5.56 Å². The molecule has 0 aliphatic rings. The van der Waals surface area contributed by atoms with E-state index in [1.54, 1.807) is 54.9 Å². The number of pyridine rings is 1. The lowest BCUT2D eigenvalue weighted by Crippen LogP contribution is -2.28. The Labute approximate surface area is 161 Å². The van der Waals surface area contributed by atoms with Gasteiger partial charge in [0.1, 0.15) is 5.82 Å². The first-order chi connectivity index (χ1) is 13.6. The molecule has 7 heteroatoms. The smallest absolute Gasteiger partial charge is 0.319 e. The number of hydrogen-bond donors (Lipinski definition) is 3.